The molecule has 2 atom stereocenters. The van der Waals surface area contributed by atoms with Crippen molar-refractivity contribution < 1.29 is 14.3 Å². The van der Waals surface area contributed by atoms with Crippen LogP contribution in [0.5, 0.6) is 0 Å². The molecule has 0 bridgehead atoms. The van der Waals surface area contributed by atoms with Crippen molar-refractivity contribution >= 4 is 28.6 Å². The van der Waals surface area contributed by atoms with Gasteiger partial charge in [-0.25, -0.2) is 0 Å². The highest BCUT2D eigenvalue weighted by Crippen LogP contribution is 2.25. The topological polar surface area (TPSA) is 38.8 Å². The van der Waals surface area contributed by atoms with E-state index in [1.54, 1.807) is 0 Å². The van der Waals surface area contributed by atoms with Crippen molar-refractivity contribution in [2.24, 2.45) is 0 Å². The Kier molecular flexibility index (Phi) is 5.40. The maximum absolute atomic E-state index is 11.9. The number of nitrogens with zero attached hydrogens (tertiary/aromatic N) is 1. The molecule has 0 radical (unpaired) electrons. The van der Waals surface area contributed by atoms with E-state index in [4.69, 9.17) is 9.47 Å². The molecule has 0 saturated carbocycles. The van der Waals surface area contributed by atoms with Gasteiger partial charge in [0.1, 0.15) is 6.04 Å². The third-order valence-electron chi connectivity index (χ3n) is 3.55. The number of rotatable bonds is 4. The lowest BCUT2D eigenvalue weighted by molar-refractivity contribution is -0.165. The minimum Gasteiger partial charge on any atom is -0.468 e. The summed E-state index contributed by atoms with van der Waals surface area (Å²) in [4.78, 5) is 14.1. The first-order valence-electron chi connectivity index (χ1n) is 6.64. The Bertz CT molecular complexity index is 454. The van der Waals surface area contributed by atoms with Crippen LogP contribution in [0.4, 0.5) is 0 Å². The zero-order valence-corrected chi connectivity index (χ0v) is 14.0. The number of methoxy groups -OCH3 is 1. The van der Waals surface area contributed by atoms with Crippen LogP contribution in [-0.2, 0) is 20.8 Å². The van der Waals surface area contributed by atoms with Crippen LogP contribution in [-0.4, -0.2) is 47.2 Å². The largest absolute Gasteiger partial charge is 0.468 e. The predicted octanol–water partition coefficient (Wildman–Crippen LogP) is 2.25. The lowest BCUT2D eigenvalue weighted by Crippen LogP contribution is -2.58. The van der Waals surface area contributed by atoms with Crippen LogP contribution < -0.4 is 0 Å². The van der Waals surface area contributed by atoms with Crippen molar-refractivity contribution in [2.45, 2.75) is 25.1 Å². The number of morpholine rings is 1. The van der Waals surface area contributed by atoms with Gasteiger partial charge in [0.15, 0.2) is 0 Å². The van der Waals surface area contributed by atoms with Gasteiger partial charge in [0.2, 0.25) is 0 Å². The van der Waals surface area contributed by atoms with Crippen LogP contribution in [0.2, 0.25) is 0 Å². The molecule has 1 aromatic rings. The Balaban J connectivity index is 2.15. The summed E-state index contributed by atoms with van der Waals surface area (Å²) < 4.78 is 11.7. The molecule has 2 unspecified atom stereocenters. The Hall–Kier alpha value is -0.660. The highest BCUT2D eigenvalue weighted by atomic mass is 127. The summed E-state index contributed by atoms with van der Waals surface area (Å²) in [6, 6.07) is 9.85. The van der Waals surface area contributed by atoms with Crippen molar-refractivity contribution in [3.05, 3.63) is 35.9 Å². The maximum atomic E-state index is 11.9. The monoisotopic (exact) mass is 389 g/mol. The van der Waals surface area contributed by atoms with E-state index in [1.807, 2.05) is 18.2 Å². The third kappa shape index (κ3) is 3.71. The average Bonchev–Trinajstić information content (AvgIpc) is 2.48. The summed E-state index contributed by atoms with van der Waals surface area (Å²) in [5, 5.41) is 0. The fraction of sp³-hybridized carbons (Fsp3) is 0.533. The number of benzene rings is 1. The Morgan fingerprint density at radius 3 is 2.80 bits per heavy atom. The fourth-order valence-electron chi connectivity index (χ4n) is 2.39. The van der Waals surface area contributed by atoms with E-state index in [0.717, 1.165) is 17.5 Å². The number of esters is 1. The predicted molar refractivity (Wildman–Crippen MR) is 85.9 cm³/mol. The smallest absolute Gasteiger partial charge is 0.325 e. The van der Waals surface area contributed by atoms with E-state index in [9.17, 15) is 4.79 Å². The first-order chi connectivity index (χ1) is 9.58. The van der Waals surface area contributed by atoms with Gasteiger partial charge in [0.05, 0.1) is 19.3 Å². The second-order valence-corrected chi connectivity index (χ2v) is 6.09. The third-order valence-corrected chi connectivity index (χ3v) is 5.17. The van der Waals surface area contributed by atoms with E-state index in [2.05, 4.69) is 46.5 Å². The lowest BCUT2D eigenvalue weighted by atomic mass is 10.0. The molecule has 110 valence electrons. The van der Waals surface area contributed by atoms with E-state index in [1.165, 1.54) is 12.7 Å². The molecule has 4 nitrogen and oxygen atoms in total. The highest BCUT2D eigenvalue weighted by molar-refractivity contribution is 14.1. The van der Waals surface area contributed by atoms with Crippen molar-refractivity contribution in [2.75, 3.05) is 24.7 Å². The van der Waals surface area contributed by atoms with Gasteiger partial charge in [-0.15, -0.1) is 0 Å². The first-order valence-corrected chi connectivity index (χ1v) is 8.16. The van der Waals surface area contributed by atoms with Crippen LogP contribution >= 0.6 is 22.6 Å². The number of halogens is 1. The molecule has 0 aliphatic carbocycles. The van der Waals surface area contributed by atoms with Gasteiger partial charge in [-0.1, -0.05) is 52.9 Å². The van der Waals surface area contributed by atoms with Crippen LogP contribution in [0.25, 0.3) is 0 Å². The van der Waals surface area contributed by atoms with Gasteiger partial charge in [0.25, 0.3) is 0 Å². The van der Waals surface area contributed by atoms with Crippen molar-refractivity contribution in [1.29, 1.82) is 0 Å². The summed E-state index contributed by atoms with van der Waals surface area (Å²) in [5.74, 6) is -0.226. The van der Waals surface area contributed by atoms with Gasteiger partial charge >= 0.3 is 5.97 Å². The van der Waals surface area contributed by atoms with Crippen molar-refractivity contribution in [3.8, 4) is 0 Å². The number of alkyl halides is 1. The molecule has 20 heavy (non-hydrogen) atoms. The maximum Gasteiger partial charge on any atom is 0.325 e. The molecular formula is C15H20INO3. The quantitative estimate of drug-likeness (QED) is 0.450. The molecule has 1 aliphatic rings. The zero-order chi connectivity index (χ0) is 14.6. The van der Waals surface area contributed by atoms with Gasteiger partial charge in [-0.3, -0.25) is 9.69 Å². The Morgan fingerprint density at radius 1 is 1.50 bits per heavy atom. The van der Waals surface area contributed by atoms with E-state index in [-0.39, 0.29) is 17.6 Å². The van der Waals surface area contributed by atoms with Gasteiger partial charge in [-0.05, 0) is 12.5 Å². The number of hydrogen-bond acceptors (Lipinski definition) is 4. The molecule has 1 heterocycles. The van der Waals surface area contributed by atoms with Crippen molar-refractivity contribution in [1.82, 2.24) is 4.90 Å². The summed E-state index contributed by atoms with van der Waals surface area (Å²) in [5.41, 5.74) is 0.985. The summed E-state index contributed by atoms with van der Waals surface area (Å²) in [6.07, 6.45) is 0. The molecular weight excluding hydrogens is 369 g/mol. The van der Waals surface area contributed by atoms with Crippen LogP contribution in [0, 0.1) is 0 Å². The Morgan fingerprint density at radius 2 is 2.20 bits per heavy atom. The molecule has 1 aromatic carbocycles. The molecule has 1 aliphatic heterocycles. The summed E-state index contributed by atoms with van der Waals surface area (Å²) in [7, 11) is 1.43. The molecule has 0 N–H and O–H groups in total. The van der Waals surface area contributed by atoms with Crippen molar-refractivity contribution in [3.63, 3.8) is 0 Å². The van der Waals surface area contributed by atoms with E-state index >= 15 is 0 Å². The Labute approximate surface area is 133 Å². The van der Waals surface area contributed by atoms with Gasteiger partial charge in [-0.2, -0.15) is 0 Å². The second kappa shape index (κ2) is 6.87. The van der Waals surface area contributed by atoms with Crippen LogP contribution in [0.15, 0.2) is 30.3 Å². The molecule has 2 rings (SSSR count). The number of carbonyl (C=O) groups excluding carboxylic acids is 1. The molecule has 0 amide bonds. The number of carbonyl (C=O) groups is 1. The van der Waals surface area contributed by atoms with Gasteiger partial charge < -0.3 is 9.47 Å². The molecule has 0 spiro atoms. The molecule has 5 heteroatoms. The summed E-state index contributed by atoms with van der Waals surface area (Å²) >= 11 is 2.33. The standard InChI is InChI=1S/C15H20INO3/c1-15(10-16)11-17(8-12-6-4-3-5-7-12)13(9-20-15)14(18)19-2/h3-7,13H,8-11H2,1-2H3. The SMILES string of the molecule is COC(=O)C1COC(C)(CI)CN1Cc1ccccc1. The van der Waals surface area contributed by atoms with Crippen LogP contribution in [0.1, 0.15) is 12.5 Å². The molecule has 0 aromatic heterocycles. The highest BCUT2D eigenvalue weighted by Gasteiger charge is 2.40. The van der Waals surface area contributed by atoms with E-state index < -0.39 is 0 Å². The molecule has 1 fully saturated rings. The fourth-order valence-corrected chi connectivity index (χ4v) is 2.85. The minimum atomic E-state index is -0.323. The first kappa shape index (κ1) is 15.7. The van der Waals surface area contributed by atoms with E-state index in [0.29, 0.717) is 6.61 Å². The van der Waals surface area contributed by atoms with Gasteiger partial charge in [0, 0.05) is 17.5 Å². The number of ether oxygens (including phenoxy) is 2. The summed E-state index contributed by atoms with van der Waals surface area (Å²) in [6.45, 7) is 3.94. The average molecular weight is 389 g/mol. The number of hydrogen-bond donors (Lipinski definition) is 0. The zero-order valence-electron chi connectivity index (χ0n) is 11.8. The minimum absolute atomic E-state index is 0.208. The second-order valence-electron chi connectivity index (χ2n) is 5.32. The van der Waals surface area contributed by atoms with Crippen LogP contribution in [0.3, 0.4) is 0 Å². The normalized spacial score (nSPS) is 27.2. The lowest BCUT2D eigenvalue weighted by Gasteiger charge is -2.43. The molecule has 1 saturated heterocycles.